The lowest BCUT2D eigenvalue weighted by Gasteiger charge is -2.28. The van der Waals surface area contributed by atoms with Crippen molar-refractivity contribution in [1.82, 2.24) is 15.2 Å². The van der Waals surface area contributed by atoms with Crippen LogP contribution in [0.15, 0.2) is 52.1 Å². The highest BCUT2D eigenvalue weighted by Crippen LogP contribution is 2.35. The Hall–Kier alpha value is -2.80. The Morgan fingerprint density at radius 3 is 2.52 bits per heavy atom. The fourth-order valence-electron chi connectivity index (χ4n) is 4.63. The number of allylic oxidation sites excluding steroid dienone is 1. The highest BCUT2D eigenvalue weighted by Gasteiger charge is 2.32. The molecule has 0 bridgehead atoms. The maximum atomic E-state index is 12.7. The molecule has 1 aliphatic rings. The van der Waals surface area contributed by atoms with Gasteiger partial charge >= 0.3 is 12.0 Å². The van der Waals surface area contributed by atoms with Crippen molar-refractivity contribution in [3.63, 3.8) is 0 Å². The van der Waals surface area contributed by atoms with E-state index in [0.717, 1.165) is 39.3 Å². The monoisotopic (exact) mass is 511 g/mol. The number of halogens is 1. The number of fused-ring (bicyclic) bond motifs is 3. The Morgan fingerprint density at radius 1 is 1.06 bits per heavy atom. The Bertz CT molecular complexity index is 1240. The number of rotatable bonds is 8. The first-order valence-electron chi connectivity index (χ1n) is 11.6. The molecule has 1 aromatic heterocycles. The van der Waals surface area contributed by atoms with Gasteiger partial charge < -0.3 is 19.9 Å². The third-order valence-corrected chi connectivity index (χ3v) is 6.68. The van der Waals surface area contributed by atoms with Crippen LogP contribution < -0.4 is 10.6 Å². The van der Waals surface area contributed by atoms with Gasteiger partial charge in [-0.25, -0.2) is 9.59 Å². The van der Waals surface area contributed by atoms with E-state index in [1.54, 1.807) is 13.8 Å². The van der Waals surface area contributed by atoms with Gasteiger partial charge in [-0.3, -0.25) is 0 Å². The van der Waals surface area contributed by atoms with Crippen molar-refractivity contribution < 1.29 is 14.3 Å². The van der Waals surface area contributed by atoms with Crippen molar-refractivity contribution in [3.05, 3.63) is 57.7 Å². The molecule has 2 aromatic carbocycles. The summed E-state index contributed by atoms with van der Waals surface area (Å²) in [6.45, 7) is 6.96. The molecule has 6 nitrogen and oxygen atoms in total. The molecule has 0 saturated carbocycles. The van der Waals surface area contributed by atoms with Gasteiger partial charge in [-0.05, 0) is 56.2 Å². The second kappa shape index (κ2) is 10.00. The first-order valence-corrected chi connectivity index (χ1v) is 12.4. The van der Waals surface area contributed by atoms with E-state index in [4.69, 9.17) is 4.74 Å². The molecule has 1 unspecified atom stereocenters. The maximum Gasteiger partial charge on any atom is 0.338 e. The van der Waals surface area contributed by atoms with Crippen LogP contribution in [0.2, 0.25) is 0 Å². The summed E-state index contributed by atoms with van der Waals surface area (Å²) in [6.07, 6.45) is 4.79. The number of amides is 2. The number of urea groups is 1. The number of aryl methyl sites for hydroxylation is 1. The summed E-state index contributed by atoms with van der Waals surface area (Å²) in [7, 11) is 0. The number of nitrogens with zero attached hydrogens (tertiary/aromatic N) is 1. The predicted molar refractivity (Wildman–Crippen MR) is 135 cm³/mol. The van der Waals surface area contributed by atoms with Gasteiger partial charge in [0.25, 0.3) is 0 Å². The molecule has 4 rings (SSSR count). The van der Waals surface area contributed by atoms with Crippen molar-refractivity contribution in [2.24, 2.45) is 0 Å². The van der Waals surface area contributed by atoms with E-state index >= 15 is 0 Å². The minimum absolute atomic E-state index is 0.273. The van der Waals surface area contributed by atoms with Crippen LogP contribution in [-0.4, -0.2) is 23.2 Å². The molecule has 33 heavy (non-hydrogen) atoms. The zero-order valence-electron chi connectivity index (χ0n) is 19.3. The topological polar surface area (TPSA) is 72.4 Å². The Morgan fingerprint density at radius 2 is 1.79 bits per heavy atom. The summed E-state index contributed by atoms with van der Waals surface area (Å²) < 4.78 is 8.68. The summed E-state index contributed by atoms with van der Waals surface area (Å²) >= 11 is 3.61. The Kier molecular flexibility index (Phi) is 7.08. The van der Waals surface area contributed by atoms with Gasteiger partial charge in [-0.1, -0.05) is 48.2 Å². The highest BCUT2D eigenvalue weighted by atomic mass is 79.9. The molecular weight excluding hydrogens is 482 g/mol. The molecule has 2 heterocycles. The third kappa shape index (κ3) is 4.64. The van der Waals surface area contributed by atoms with Crippen LogP contribution in [0.1, 0.15) is 58.1 Å². The molecule has 0 saturated heterocycles. The van der Waals surface area contributed by atoms with Crippen LogP contribution >= 0.6 is 15.9 Å². The zero-order chi connectivity index (χ0) is 23.5. The molecule has 2 amide bonds. The van der Waals surface area contributed by atoms with Gasteiger partial charge in [0, 0.05) is 38.5 Å². The van der Waals surface area contributed by atoms with Gasteiger partial charge in [0.15, 0.2) is 0 Å². The molecule has 0 fully saturated rings. The van der Waals surface area contributed by atoms with Crippen molar-refractivity contribution in [2.75, 3.05) is 6.61 Å². The number of ether oxygens (including phenoxy) is 1. The minimum Gasteiger partial charge on any atom is -0.463 e. The fourth-order valence-corrected chi connectivity index (χ4v) is 5.00. The number of esters is 1. The highest BCUT2D eigenvalue weighted by molar-refractivity contribution is 9.10. The first-order chi connectivity index (χ1) is 15.9. The predicted octanol–water partition coefficient (Wildman–Crippen LogP) is 6.33. The number of hydrogen-bond acceptors (Lipinski definition) is 3. The van der Waals surface area contributed by atoms with E-state index in [-0.39, 0.29) is 12.6 Å². The molecular formula is C26H30BrN3O3. The van der Waals surface area contributed by atoms with Crippen LogP contribution in [0.5, 0.6) is 0 Å². The van der Waals surface area contributed by atoms with Gasteiger partial charge in [0.05, 0.1) is 18.2 Å². The summed E-state index contributed by atoms with van der Waals surface area (Å²) in [5.41, 5.74) is 4.14. The van der Waals surface area contributed by atoms with Gasteiger partial charge in [0.2, 0.25) is 0 Å². The SMILES string of the molecule is CCCCCCn1c2ccc(Br)cc2c2cc(C3NC(=O)NC(C)=C3C(=O)OCC)ccc21. The molecule has 174 valence electrons. The van der Waals surface area contributed by atoms with Gasteiger partial charge in [-0.2, -0.15) is 0 Å². The molecule has 0 aliphatic carbocycles. The van der Waals surface area contributed by atoms with Crippen LogP contribution in [0.3, 0.4) is 0 Å². The Labute approximate surface area is 202 Å². The molecule has 0 radical (unpaired) electrons. The number of carbonyl (C=O) groups is 2. The Balaban J connectivity index is 1.82. The van der Waals surface area contributed by atoms with Gasteiger partial charge in [-0.15, -0.1) is 0 Å². The van der Waals surface area contributed by atoms with E-state index in [1.807, 2.05) is 6.07 Å². The van der Waals surface area contributed by atoms with Crippen LogP contribution in [0.4, 0.5) is 4.79 Å². The molecule has 2 N–H and O–H groups in total. The lowest BCUT2D eigenvalue weighted by atomic mass is 9.94. The standard InChI is InChI=1S/C26H30BrN3O3/c1-4-6-7-8-13-30-21-11-9-17(14-19(21)20-15-18(27)10-12-22(20)30)24-23(25(31)33-5-2)16(3)28-26(32)29-24/h9-12,14-15,24H,4-8,13H2,1-3H3,(H2,28,29,32). The molecule has 7 heteroatoms. The number of unbranched alkanes of at least 4 members (excludes halogenated alkanes) is 3. The third-order valence-electron chi connectivity index (χ3n) is 6.18. The van der Waals surface area contributed by atoms with E-state index in [2.05, 4.69) is 68.4 Å². The van der Waals surface area contributed by atoms with Crippen LogP contribution in [-0.2, 0) is 16.1 Å². The second-order valence-corrected chi connectivity index (χ2v) is 9.36. The fraction of sp³-hybridized carbons (Fsp3) is 0.385. The van der Waals surface area contributed by atoms with Gasteiger partial charge in [0.1, 0.15) is 0 Å². The number of hydrogen-bond donors (Lipinski definition) is 2. The minimum atomic E-state index is -0.572. The molecule has 3 aromatic rings. The van der Waals surface area contributed by atoms with E-state index in [9.17, 15) is 9.59 Å². The van der Waals surface area contributed by atoms with E-state index < -0.39 is 12.0 Å². The largest absolute Gasteiger partial charge is 0.463 e. The first kappa shape index (κ1) is 23.4. The van der Waals surface area contributed by atoms with Crippen molar-refractivity contribution in [3.8, 4) is 0 Å². The van der Waals surface area contributed by atoms with Crippen molar-refractivity contribution in [1.29, 1.82) is 0 Å². The number of carbonyl (C=O) groups excluding carboxylic acids is 2. The normalized spacial score (nSPS) is 16.2. The lowest BCUT2D eigenvalue weighted by molar-refractivity contribution is -0.139. The van der Waals surface area contributed by atoms with Crippen LogP contribution in [0, 0.1) is 0 Å². The number of aromatic nitrogens is 1. The summed E-state index contributed by atoms with van der Waals surface area (Å²) in [6, 6.07) is 11.7. The lowest BCUT2D eigenvalue weighted by Crippen LogP contribution is -2.45. The number of nitrogens with one attached hydrogen (secondary N) is 2. The van der Waals surface area contributed by atoms with E-state index in [0.29, 0.717) is 11.3 Å². The summed E-state index contributed by atoms with van der Waals surface area (Å²) in [5, 5.41) is 7.86. The van der Waals surface area contributed by atoms with Crippen LogP contribution in [0.25, 0.3) is 21.8 Å². The second-order valence-electron chi connectivity index (χ2n) is 8.44. The maximum absolute atomic E-state index is 12.7. The quantitative estimate of drug-likeness (QED) is 0.274. The van der Waals surface area contributed by atoms with E-state index in [1.165, 1.54) is 24.8 Å². The molecule has 0 spiro atoms. The molecule has 1 aliphatic heterocycles. The average molecular weight is 512 g/mol. The van der Waals surface area contributed by atoms with Crippen molar-refractivity contribution >= 4 is 49.7 Å². The summed E-state index contributed by atoms with van der Waals surface area (Å²) in [5.74, 6) is -0.423. The zero-order valence-corrected chi connectivity index (χ0v) is 20.9. The number of benzene rings is 2. The smallest absolute Gasteiger partial charge is 0.338 e. The molecule has 1 atom stereocenters. The van der Waals surface area contributed by atoms with Crippen molar-refractivity contribution in [2.45, 2.75) is 59.0 Å². The average Bonchev–Trinajstić information content (AvgIpc) is 3.08. The summed E-state index contributed by atoms with van der Waals surface area (Å²) in [4.78, 5) is 25.0.